The largest absolute Gasteiger partial charge is 0.467 e. The van der Waals surface area contributed by atoms with Crippen molar-refractivity contribution in [3.8, 4) is 0 Å². The predicted molar refractivity (Wildman–Crippen MR) is 104 cm³/mol. The number of furan rings is 1. The molecule has 0 aromatic carbocycles. The molecule has 0 saturated carbocycles. The number of rotatable bonds is 11. The van der Waals surface area contributed by atoms with Crippen molar-refractivity contribution in [1.29, 1.82) is 0 Å². The second-order valence-corrected chi connectivity index (χ2v) is 4.82. The van der Waals surface area contributed by atoms with E-state index in [1.54, 1.807) is 20.2 Å². The van der Waals surface area contributed by atoms with Gasteiger partial charge in [0, 0.05) is 33.2 Å². The molecule has 138 valence electrons. The van der Waals surface area contributed by atoms with Gasteiger partial charge in [-0.3, -0.25) is 9.79 Å². The zero-order chi connectivity index (χ0) is 16.8. The minimum Gasteiger partial charge on any atom is -0.467 e. The van der Waals surface area contributed by atoms with Crippen LogP contribution in [0.1, 0.15) is 31.9 Å². The highest BCUT2D eigenvalue weighted by Gasteiger charge is 2.02. The first-order valence-corrected chi connectivity index (χ1v) is 7.96. The monoisotopic (exact) mass is 453 g/mol. The van der Waals surface area contributed by atoms with Crippen LogP contribution in [0.5, 0.6) is 0 Å². The van der Waals surface area contributed by atoms with Gasteiger partial charge in [0.25, 0.3) is 0 Å². The van der Waals surface area contributed by atoms with Gasteiger partial charge in [0.1, 0.15) is 12.4 Å². The summed E-state index contributed by atoms with van der Waals surface area (Å²) in [5.41, 5.74) is 0. The Morgan fingerprint density at radius 3 is 2.67 bits per heavy atom. The minimum absolute atomic E-state index is 0. The molecule has 0 aliphatic heterocycles. The summed E-state index contributed by atoms with van der Waals surface area (Å²) in [4.78, 5) is 15.3. The lowest BCUT2D eigenvalue weighted by Gasteiger charge is -2.11. The van der Waals surface area contributed by atoms with Crippen LogP contribution < -0.4 is 10.6 Å². The smallest absolute Gasteiger partial charge is 0.305 e. The van der Waals surface area contributed by atoms with Crippen LogP contribution in [0.15, 0.2) is 27.8 Å². The van der Waals surface area contributed by atoms with E-state index in [2.05, 4.69) is 15.6 Å². The van der Waals surface area contributed by atoms with E-state index in [0.717, 1.165) is 24.7 Å². The highest BCUT2D eigenvalue weighted by molar-refractivity contribution is 14.0. The van der Waals surface area contributed by atoms with Gasteiger partial charge in [-0.15, -0.1) is 24.0 Å². The molecule has 8 heteroatoms. The minimum atomic E-state index is -0.161. The average molecular weight is 453 g/mol. The Kier molecular flexibility index (Phi) is 14.4. The van der Waals surface area contributed by atoms with Crippen LogP contribution in [0, 0.1) is 0 Å². The van der Waals surface area contributed by atoms with E-state index < -0.39 is 0 Å². The van der Waals surface area contributed by atoms with Crippen LogP contribution in [0.4, 0.5) is 0 Å². The maximum Gasteiger partial charge on any atom is 0.305 e. The lowest BCUT2D eigenvalue weighted by atomic mass is 10.3. The molecular formula is C16H28IN3O4. The molecule has 7 nitrogen and oxygen atoms in total. The van der Waals surface area contributed by atoms with E-state index in [-0.39, 0.29) is 29.9 Å². The Morgan fingerprint density at radius 2 is 2.04 bits per heavy atom. The van der Waals surface area contributed by atoms with Crippen LogP contribution in [-0.2, 0) is 20.9 Å². The van der Waals surface area contributed by atoms with E-state index >= 15 is 0 Å². The summed E-state index contributed by atoms with van der Waals surface area (Å²) in [7, 11) is 1.72. The molecular weight excluding hydrogens is 425 g/mol. The molecule has 24 heavy (non-hydrogen) atoms. The highest BCUT2D eigenvalue weighted by atomic mass is 127. The molecule has 1 aromatic heterocycles. The summed E-state index contributed by atoms with van der Waals surface area (Å²) < 4.78 is 15.5. The van der Waals surface area contributed by atoms with Gasteiger partial charge in [0.05, 0.1) is 12.9 Å². The summed E-state index contributed by atoms with van der Waals surface area (Å²) in [5, 5.41) is 6.35. The molecule has 0 saturated heterocycles. The van der Waals surface area contributed by atoms with Crippen molar-refractivity contribution in [1.82, 2.24) is 10.6 Å². The summed E-state index contributed by atoms with van der Waals surface area (Å²) in [5.74, 6) is 1.39. The molecule has 0 unspecified atom stereocenters. The van der Waals surface area contributed by atoms with Crippen molar-refractivity contribution in [2.45, 2.75) is 32.8 Å². The van der Waals surface area contributed by atoms with E-state index in [1.807, 2.05) is 12.1 Å². The molecule has 1 heterocycles. The number of guanidine groups is 1. The second-order valence-electron chi connectivity index (χ2n) is 4.82. The first kappa shape index (κ1) is 22.7. The van der Waals surface area contributed by atoms with Crippen molar-refractivity contribution in [3.05, 3.63) is 24.2 Å². The number of ether oxygens (including phenoxy) is 2. The molecule has 0 aliphatic carbocycles. The number of hydrogen-bond donors (Lipinski definition) is 2. The zero-order valence-electron chi connectivity index (χ0n) is 14.4. The molecule has 0 spiro atoms. The van der Waals surface area contributed by atoms with E-state index in [1.165, 1.54) is 0 Å². The number of nitrogens with one attached hydrogen (secondary N) is 2. The first-order valence-electron chi connectivity index (χ1n) is 7.96. The predicted octanol–water partition coefficient (Wildman–Crippen LogP) is 2.31. The second kappa shape index (κ2) is 15.3. The fourth-order valence-corrected chi connectivity index (χ4v) is 1.84. The Hall–Kier alpha value is -1.29. The van der Waals surface area contributed by atoms with Crippen LogP contribution in [0.3, 0.4) is 0 Å². The third kappa shape index (κ3) is 11.3. The van der Waals surface area contributed by atoms with E-state index in [0.29, 0.717) is 39.2 Å². The summed E-state index contributed by atoms with van der Waals surface area (Å²) in [6.45, 7) is 4.81. The number of carbonyl (C=O) groups is 1. The Labute approximate surface area is 160 Å². The summed E-state index contributed by atoms with van der Waals surface area (Å²) >= 11 is 0. The molecule has 0 fully saturated rings. The standard InChI is InChI=1S/C16H27N3O4.HI/c1-3-22-15(20)8-4-9-18-16(17-2)19-10-6-11-21-13-14-7-5-12-23-14;/h5,7,12H,3-4,6,8-11,13H2,1-2H3,(H2,17,18,19);1H. The van der Waals surface area contributed by atoms with Crippen molar-refractivity contribution < 1.29 is 18.7 Å². The van der Waals surface area contributed by atoms with Crippen LogP contribution >= 0.6 is 24.0 Å². The molecule has 0 aliphatic rings. The first-order chi connectivity index (χ1) is 11.3. The SMILES string of the molecule is CCOC(=O)CCCNC(=NC)NCCCOCc1ccco1.I. The third-order valence-electron chi connectivity index (χ3n) is 2.96. The van der Waals surface area contributed by atoms with Gasteiger partial charge >= 0.3 is 5.97 Å². The lowest BCUT2D eigenvalue weighted by Crippen LogP contribution is -2.38. The zero-order valence-corrected chi connectivity index (χ0v) is 16.7. The molecule has 2 N–H and O–H groups in total. The molecule has 0 amide bonds. The molecule has 1 rings (SSSR count). The number of halogens is 1. The van der Waals surface area contributed by atoms with Gasteiger partial charge in [0.15, 0.2) is 5.96 Å². The van der Waals surface area contributed by atoms with Gasteiger partial charge in [-0.1, -0.05) is 0 Å². The van der Waals surface area contributed by atoms with Crippen molar-refractivity contribution in [2.24, 2.45) is 4.99 Å². The average Bonchev–Trinajstić information content (AvgIpc) is 3.06. The van der Waals surface area contributed by atoms with Crippen molar-refractivity contribution >= 4 is 35.9 Å². The topological polar surface area (TPSA) is 85.1 Å². The molecule has 1 aromatic rings. The van der Waals surface area contributed by atoms with Crippen LogP contribution in [0.2, 0.25) is 0 Å². The quantitative estimate of drug-likeness (QED) is 0.176. The van der Waals surface area contributed by atoms with E-state index in [4.69, 9.17) is 13.9 Å². The van der Waals surface area contributed by atoms with Crippen LogP contribution in [-0.4, -0.2) is 45.3 Å². The number of nitrogens with zero attached hydrogens (tertiary/aromatic N) is 1. The Morgan fingerprint density at radius 1 is 1.29 bits per heavy atom. The molecule has 0 atom stereocenters. The third-order valence-corrected chi connectivity index (χ3v) is 2.96. The fourth-order valence-electron chi connectivity index (χ4n) is 1.84. The maximum atomic E-state index is 11.2. The fraction of sp³-hybridized carbons (Fsp3) is 0.625. The molecule has 0 bridgehead atoms. The number of carbonyl (C=O) groups excluding carboxylic acids is 1. The van der Waals surface area contributed by atoms with Gasteiger partial charge < -0.3 is 24.5 Å². The maximum absolute atomic E-state index is 11.2. The van der Waals surface area contributed by atoms with E-state index in [9.17, 15) is 4.79 Å². The Balaban J connectivity index is 0.00000529. The summed E-state index contributed by atoms with van der Waals surface area (Å²) in [6.07, 6.45) is 3.63. The summed E-state index contributed by atoms with van der Waals surface area (Å²) in [6, 6.07) is 3.73. The van der Waals surface area contributed by atoms with Gasteiger partial charge in [-0.25, -0.2) is 0 Å². The number of esters is 1. The van der Waals surface area contributed by atoms with Crippen LogP contribution in [0.25, 0.3) is 0 Å². The van der Waals surface area contributed by atoms with Gasteiger partial charge in [-0.2, -0.15) is 0 Å². The number of aliphatic imine (C=N–C) groups is 1. The molecule has 0 radical (unpaired) electrons. The normalized spacial score (nSPS) is 10.8. The lowest BCUT2D eigenvalue weighted by molar-refractivity contribution is -0.143. The van der Waals surface area contributed by atoms with Crippen molar-refractivity contribution in [2.75, 3.05) is 33.4 Å². The highest BCUT2D eigenvalue weighted by Crippen LogP contribution is 2.01. The van der Waals surface area contributed by atoms with Crippen molar-refractivity contribution in [3.63, 3.8) is 0 Å². The van der Waals surface area contributed by atoms with Gasteiger partial charge in [0.2, 0.25) is 0 Å². The number of hydrogen-bond acceptors (Lipinski definition) is 5. The van der Waals surface area contributed by atoms with Gasteiger partial charge in [-0.05, 0) is 31.9 Å². The Bertz CT molecular complexity index is 452.